The molecule has 0 bridgehead atoms. The molecular weight excluding hydrogens is 360 g/mol. The standard InChI is InChI=1S/C19H20N6O3/c1-11-7-13(12(2)28-11)15-9-25-8-14(22-17(25)19(27)24(15)4)18(26)23(3)10-16-20-5-6-21-16/h5-9H,10H2,1-4H3,(H,20,21). The van der Waals surface area contributed by atoms with Crippen LogP contribution in [0.15, 0.2) is 40.1 Å². The molecule has 0 aromatic carbocycles. The number of fused-ring (bicyclic) bond motifs is 1. The monoisotopic (exact) mass is 380 g/mol. The molecule has 0 fully saturated rings. The molecule has 0 aliphatic heterocycles. The number of H-pyrrole nitrogens is 1. The van der Waals surface area contributed by atoms with Crippen LogP contribution in [0.25, 0.3) is 16.9 Å². The van der Waals surface area contributed by atoms with Gasteiger partial charge in [-0.1, -0.05) is 0 Å². The third kappa shape index (κ3) is 2.90. The Kier molecular flexibility index (Phi) is 4.14. The highest BCUT2D eigenvalue weighted by atomic mass is 16.3. The Morgan fingerprint density at radius 3 is 2.75 bits per heavy atom. The van der Waals surface area contributed by atoms with Crippen LogP contribution in [-0.4, -0.2) is 41.8 Å². The summed E-state index contributed by atoms with van der Waals surface area (Å²) >= 11 is 0. The molecule has 0 saturated heterocycles. The fourth-order valence-electron chi connectivity index (χ4n) is 3.24. The Bertz CT molecular complexity index is 1230. The van der Waals surface area contributed by atoms with Gasteiger partial charge in [-0.05, 0) is 19.9 Å². The Hall–Kier alpha value is -3.62. The zero-order valence-corrected chi connectivity index (χ0v) is 16.1. The Balaban J connectivity index is 1.75. The van der Waals surface area contributed by atoms with Crippen molar-refractivity contribution in [2.75, 3.05) is 7.05 Å². The number of nitrogens with zero attached hydrogens (tertiary/aromatic N) is 5. The van der Waals surface area contributed by atoms with Crippen LogP contribution in [0.4, 0.5) is 0 Å². The van der Waals surface area contributed by atoms with E-state index in [1.165, 1.54) is 9.47 Å². The molecule has 0 aliphatic rings. The number of carbonyl (C=O) groups excluding carboxylic acids is 1. The van der Waals surface area contributed by atoms with Crippen LogP contribution in [0.2, 0.25) is 0 Å². The molecule has 4 aromatic heterocycles. The fraction of sp³-hybridized carbons (Fsp3) is 0.263. The van der Waals surface area contributed by atoms with Gasteiger partial charge in [-0.15, -0.1) is 0 Å². The first-order valence-electron chi connectivity index (χ1n) is 8.75. The molecule has 0 spiro atoms. The van der Waals surface area contributed by atoms with E-state index in [9.17, 15) is 9.59 Å². The van der Waals surface area contributed by atoms with Crippen LogP contribution in [-0.2, 0) is 13.6 Å². The summed E-state index contributed by atoms with van der Waals surface area (Å²) in [5.74, 6) is 1.87. The van der Waals surface area contributed by atoms with E-state index in [0.29, 0.717) is 18.1 Å². The van der Waals surface area contributed by atoms with E-state index in [0.717, 1.165) is 17.1 Å². The quantitative estimate of drug-likeness (QED) is 0.583. The summed E-state index contributed by atoms with van der Waals surface area (Å²) in [7, 11) is 3.34. The fourth-order valence-corrected chi connectivity index (χ4v) is 3.24. The van der Waals surface area contributed by atoms with Crippen LogP contribution in [0.3, 0.4) is 0 Å². The molecular formula is C19H20N6O3. The van der Waals surface area contributed by atoms with Crippen LogP contribution in [0.1, 0.15) is 27.8 Å². The minimum Gasteiger partial charge on any atom is -0.466 e. The number of aromatic amines is 1. The number of hydrogen-bond donors (Lipinski definition) is 1. The topological polar surface area (TPSA) is 101 Å². The lowest BCUT2D eigenvalue weighted by atomic mass is 10.2. The molecule has 0 aliphatic carbocycles. The van der Waals surface area contributed by atoms with Crippen LogP contribution in [0.5, 0.6) is 0 Å². The van der Waals surface area contributed by atoms with Gasteiger partial charge in [0.1, 0.15) is 23.0 Å². The van der Waals surface area contributed by atoms with E-state index in [1.807, 2.05) is 19.9 Å². The van der Waals surface area contributed by atoms with Gasteiger partial charge in [-0.25, -0.2) is 9.97 Å². The lowest BCUT2D eigenvalue weighted by Crippen LogP contribution is -2.27. The Morgan fingerprint density at radius 1 is 1.32 bits per heavy atom. The Labute approximate surface area is 160 Å². The number of hydrogen-bond acceptors (Lipinski definition) is 5. The van der Waals surface area contributed by atoms with Crippen molar-refractivity contribution in [3.05, 3.63) is 64.2 Å². The summed E-state index contributed by atoms with van der Waals surface area (Å²) in [5, 5.41) is 0. The van der Waals surface area contributed by atoms with Crippen LogP contribution in [0, 0.1) is 13.8 Å². The molecule has 9 heteroatoms. The van der Waals surface area contributed by atoms with E-state index in [2.05, 4.69) is 15.0 Å². The van der Waals surface area contributed by atoms with E-state index >= 15 is 0 Å². The number of aryl methyl sites for hydroxylation is 2. The molecule has 0 saturated carbocycles. The molecule has 0 radical (unpaired) electrons. The van der Waals surface area contributed by atoms with Crippen LogP contribution < -0.4 is 5.56 Å². The average Bonchev–Trinajstić information content (AvgIpc) is 3.37. The summed E-state index contributed by atoms with van der Waals surface area (Å²) in [4.78, 5) is 38.4. The predicted octanol–water partition coefficient (Wildman–Crippen LogP) is 1.91. The van der Waals surface area contributed by atoms with Gasteiger partial charge in [0, 0.05) is 44.4 Å². The maximum Gasteiger partial charge on any atom is 0.294 e. The normalized spacial score (nSPS) is 11.3. The van der Waals surface area contributed by atoms with Gasteiger partial charge in [-0.3, -0.25) is 14.0 Å². The van der Waals surface area contributed by atoms with E-state index in [1.54, 1.807) is 43.3 Å². The highest BCUT2D eigenvalue weighted by Gasteiger charge is 2.20. The van der Waals surface area contributed by atoms with Gasteiger partial charge in [-0.2, -0.15) is 0 Å². The zero-order valence-electron chi connectivity index (χ0n) is 16.1. The molecule has 144 valence electrons. The predicted molar refractivity (Wildman–Crippen MR) is 102 cm³/mol. The lowest BCUT2D eigenvalue weighted by molar-refractivity contribution is 0.0776. The number of furan rings is 1. The molecule has 9 nitrogen and oxygen atoms in total. The molecule has 0 atom stereocenters. The number of rotatable bonds is 4. The van der Waals surface area contributed by atoms with Crippen molar-refractivity contribution < 1.29 is 9.21 Å². The second-order valence-corrected chi connectivity index (χ2v) is 6.76. The van der Waals surface area contributed by atoms with Gasteiger partial charge in [0.2, 0.25) is 5.65 Å². The summed E-state index contributed by atoms with van der Waals surface area (Å²) in [6, 6.07) is 1.88. The van der Waals surface area contributed by atoms with Crippen molar-refractivity contribution in [1.82, 2.24) is 28.8 Å². The third-order valence-electron chi connectivity index (χ3n) is 4.68. The minimum atomic E-state index is -0.293. The number of carbonyl (C=O) groups is 1. The number of amides is 1. The molecule has 28 heavy (non-hydrogen) atoms. The van der Waals surface area contributed by atoms with Crippen molar-refractivity contribution in [3.8, 4) is 11.3 Å². The number of aromatic nitrogens is 5. The highest BCUT2D eigenvalue weighted by Crippen LogP contribution is 2.25. The minimum absolute atomic E-state index is 0.193. The smallest absolute Gasteiger partial charge is 0.294 e. The molecule has 0 unspecified atom stereocenters. The van der Waals surface area contributed by atoms with Crippen LogP contribution >= 0.6 is 0 Å². The molecule has 4 heterocycles. The van der Waals surface area contributed by atoms with E-state index in [4.69, 9.17) is 4.42 Å². The van der Waals surface area contributed by atoms with Gasteiger partial charge < -0.3 is 18.9 Å². The number of nitrogens with one attached hydrogen (secondary N) is 1. The summed E-state index contributed by atoms with van der Waals surface area (Å²) < 4.78 is 8.70. The maximum atomic E-state index is 12.8. The molecule has 4 aromatic rings. The van der Waals surface area contributed by atoms with Gasteiger partial charge in [0.15, 0.2) is 0 Å². The average molecular weight is 380 g/mol. The Morgan fingerprint density at radius 2 is 2.11 bits per heavy atom. The van der Waals surface area contributed by atoms with E-state index in [-0.39, 0.29) is 22.8 Å². The lowest BCUT2D eigenvalue weighted by Gasteiger charge is -2.13. The maximum absolute atomic E-state index is 12.8. The van der Waals surface area contributed by atoms with Gasteiger partial charge in [0.25, 0.3) is 11.5 Å². The first-order valence-corrected chi connectivity index (χ1v) is 8.75. The number of imidazole rings is 2. The van der Waals surface area contributed by atoms with Gasteiger partial charge >= 0.3 is 0 Å². The largest absolute Gasteiger partial charge is 0.466 e. The van der Waals surface area contributed by atoms with Crippen molar-refractivity contribution >= 4 is 11.6 Å². The van der Waals surface area contributed by atoms with Crippen molar-refractivity contribution in [1.29, 1.82) is 0 Å². The summed E-state index contributed by atoms with van der Waals surface area (Å²) in [6.45, 7) is 4.02. The first-order chi connectivity index (χ1) is 13.3. The second-order valence-electron chi connectivity index (χ2n) is 6.76. The SMILES string of the molecule is Cc1cc(-c2cn3cc(C(=O)N(C)Cc4ncc[nH]4)nc3c(=O)n2C)c(C)o1. The highest BCUT2D eigenvalue weighted by molar-refractivity contribution is 5.92. The summed E-state index contributed by atoms with van der Waals surface area (Å²) in [6.07, 6.45) is 6.68. The molecule has 4 rings (SSSR count). The van der Waals surface area contributed by atoms with Crippen molar-refractivity contribution in [2.24, 2.45) is 7.05 Å². The first kappa shape index (κ1) is 17.8. The van der Waals surface area contributed by atoms with Gasteiger partial charge in [0.05, 0.1) is 12.2 Å². The summed E-state index contributed by atoms with van der Waals surface area (Å²) in [5.41, 5.74) is 1.62. The second kappa shape index (κ2) is 6.52. The molecule has 1 amide bonds. The third-order valence-corrected chi connectivity index (χ3v) is 4.68. The molecule has 1 N–H and O–H groups in total. The van der Waals surface area contributed by atoms with Crippen molar-refractivity contribution in [2.45, 2.75) is 20.4 Å². The van der Waals surface area contributed by atoms with Crippen molar-refractivity contribution in [3.63, 3.8) is 0 Å². The zero-order chi connectivity index (χ0) is 20.0. The van der Waals surface area contributed by atoms with E-state index < -0.39 is 0 Å².